The highest BCUT2D eigenvalue weighted by Crippen LogP contribution is 2.28. The molecule has 0 amide bonds. The minimum absolute atomic E-state index is 0.160. The normalized spacial score (nSPS) is 10.5. The first-order valence-electron chi connectivity index (χ1n) is 5.94. The number of carbonyl (C=O) groups is 1. The molecule has 0 aliphatic heterocycles. The van der Waals surface area contributed by atoms with Crippen LogP contribution < -0.4 is 0 Å². The first-order chi connectivity index (χ1) is 10.2. The first-order valence-corrected chi connectivity index (χ1v) is 7.55. The number of carbonyl (C=O) groups excluding carboxylic acids is 1. The number of rotatable bonds is 3. The van der Waals surface area contributed by atoms with Crippen molar-refractivity contribution in [2.24, 2.45) is 0 Å². The molecule has 0 radical (unpaired) electrons. The van der Waals surface area contributed by atoms with E-state index in [2.05, 4.69) is 31.1 Å². The molecule has 0 fully saturated rings. The van der Waals surface area contributed by atoms with Crippen molar-refractivity contribution in [2.75, 3.05) is 0 Å². The van der Waals surface area contributed by atoms with Crippen LogP contribution in [0.15, 0.2) is 62.9 Å². The molecule has 0 aliphatic rings. The Labute approximate surface area is 132 Å². The summed E-state index contributed by atoms with van der Waals surface area (Å²) in [7, 11) is 0. The maximum Gasteiger partial charge on any atom is 0.284 e. The molecule has 104 valence electrons. The van der Waals surface area contributed by atoms with E-state index in [1.54, 1.807) is 36.7 Å². The topological polar surface area (TPSA) is 68.9 Å². The summed E-state index contributed by atoms with van der Waals surface area (Å²) < 4.78 is 6.21. The van der Waals surface area contributed by atoms with Gasteiger partial charge in [0.15, 0.2) is 0 Å². The van der Waals surface area contributed by atoms with Crippen molar-refractivity contribution in [1.29, 1.82) is 0 Å². The fraction of sp³-hybridized carbons (Fsp3) is 0. The van der Waals surface area contributed by atoms with Gasteiger partial charge in [0.25, 0.3) is 5.22 Å². The number of pyridine rings is 1. The standard InChI is InChI=1S/C14H8BrN3O2S/c15-11-4-2-1-3-10(11)13(19)21-14-18-17-12(20-14)9-5-7-16-8-6-9/h1-8H. The molecule has 5 nitrogen and oxygen atoms in total. The van der Waals surface area contributed by atoms with Gasteiger partial charge in [-0.25, -0.2) is 0 Å². The third kappa shape index (κ3) is 3.20. The van der Waals surface area contributed by atoms with E-state index >= 15 is 0 Å². The highest BCUT2D eigenvalue weighted by molar-refractivity contribution is 9.10. The molecule has 3 rings (SSSR count). The van der Waals surface area contributed by atoms with Crippen LogP contribution in [-0.2, 0) is 0 Å². The zero-order valence-corrected chi connectivity index (χ0v) is 13.0. The van der Waals surface area contributed by atoms with Crippen LogP contribution in [-0.4, -0.2) is 20.3 Å². The second-order valence-corrected chi connectivity index (χ2v) is 5.76. The second-order valence-electron chi connectivity index (χ2n) is 3.98. The molecule has 0 unspecified atom stereocenters. The maximum absolute atomic E-state index is 12.2. The summed E-state index contributed by atoms with van der Waals surface area (Å²) in [4.78, 5) is 16.1. The summed E-state index contributed by atoms with van der Waals surface area (Å²) in [6, 6.07) is 10.7. The predicted molar refractivity (Wildman–Crippen MR) is 81.9 cm³/mol. The molecule has 3 aromatic rings. The largest absolute Gasteiger partial charge is 0.411 e. The molecular formula is C14H8BrN3O2S. The van der Waals surface area contributed by atoms with Gasteiger partial charge in [-0.2, -0.15) is 0 Å². The monoisotopic (exact) mass is 361 g/mol. The number of benzene rings is 1. The van der Waals surface area contributed by atoms with E-state index in [9.17, 15) is 4.79 Å². The third-order valence-corrected chi connectivity index (χ3v) is 4.04. The lowest BCUT2D eigenvalue weighted by molar-refractivity contribution is 0.108. The van der Waals surface area contributed by atoms with Gasteiger partial charge in [0.1, 0.15) is 0 Å². The van der Waals surface area contributed by atoms with Gasteiger partial charge >= 0.3 is 0 Å². The Balaban J connectivity index is 1.79. The zero-order valence-electron chi connectivity index (χ0n) is 10.6. The number of hydrogen-bond acceptors (Lipinski definition) is 6. The Kier molecular flexibility index (Phi) is 4.12. The molecule has 0 aliphatic carbocycles. The molecule has 0 bridgehead atoms. The van der Waals surface area contributed by atoms with Crippen molar-refractivity contribution in [3.8, 4) is 11.5 Å². The van der Waals surface area contributed by atoms with Gasteiger partial charge in [-0.15, -0.1) is 10.2 Å². The van der Waals surface area contributed by atoms with E-state index in [0.717, 1.165) is 21.8 Å². The summed E-state index contributed by atoms with van der Waals surface area (Å²) in [6.45, 7) is 0. The number of hydrogen-bond donors (Lipinski definition) is 0. The number of aromatic nitrogens is 3. The second kappa shape index (κ2) is 6.19. The molecule has 21 heavy (non-hydrogen) atoms. The zero-order chi connectivity index (χ0) is 14.7. The number of thioether (sulfide) groups is 1. The van der Waals surface area contributed by atoms with Crippen LogP contribution in [0.3, 0.4) is 0 Å². The maximum atomic E-state index is 12.2. The fourth-order valence-corrected chi connectivity index (χ4v) is 2.87. The lowest BCUT2D eigenvalue weighted by atomic mass is 10.2. The Morgan fingerprint density at radius 3 is 2.62 bits per heavy atom. The van der Waals surface area contributed by atoms with Gasteiger partial charge in [0, 0.05) is 39.8 Å². The quantitative estimate of drug-likeness (QED) is 0.660. The van der Waals surface area contributed by atoms with Crippen molar-refractivity contribution in [3.05, 3.63) is 58.8 Å². The fourth-order valence-electron chi connectivity index (χ4n) is 1.62. The Morgan fingerprint density at radius 2 is 1.86 bits per heavy atom. The Morgan fingerprint density at radius 1 is 1.10 bits per heavy atom. The Hall–Kier alpha value is -1.99. The summed E-state index contributed by atoms with van der Waals surface area (Å²) in [5.41, 5.74) is 1.32. The van der Waals surface area contributed by atoms with Crippen LogP contribution in [0.4, 0.5) is 0 Å². The summed E-state index contributed by atoms with van der Waals surface area (Å²) in [5.74, 6) is 0.361. The summed E-state index contributed by atoms with van der Waals surface area (Å²) in [6.07, 6.45) is 3.27. The summed E-state index contributed by atoms with van der Waals surface area (Å²) in [5, 5.41) is 7.85. The highest BCUT2D eigenvalue weighted by atomic mass is 79.9. The molecule has 0 saturated carbocycles. The molecule has 2 aromatic heterocycles. The molecule has 0 spiro atoms. The smallest absolute Gasteiger partial charge is 0.284 e. The van der Waals surface area contributed by atoms with E-state index in [1.165, 1.54) is 0 Å². The van der Waals surface area contributed by atoms with E-state index in [1.807, 2.05) is 12.1 Å². The van der Waals surface area contributed by atoms with Crippen LogP contribution in [0, 0.1) is 0 Å². The highest BCUT2D eigenvalue weighted by Gasteiger charge is 2.16. The predicted octanol–water partition coefficient (Wildman–Crippen LogP) is 3.83. The third-order valence-electron chi connectivity index (χ3n) is 2.61. The molecule has 0 atom stereocenters. The minimum Gasteiger partial charge on any atom is -0.411 e. The van der Waals surface area contributed by atoms with Gasteiger partial charge in [-0.05, 0) is 24.3 Å². The van der Waals surface area contributed by atoms with Gasteiger partial charge < -0.3 is 4.42 Å². The van der Waals surface area contributed by atoms with Crippen LogP contribution in [0.1, 0.15) is 10.4 Å². The molecule has 2 heterocycles. The van der Waals surface area contributed by atoms with Crippen molar-refractivity contribution in [1.82, 2.24) is 15.2 Å². The van der Waals surface area contributed by atoms with Crippen LogP contribution in [0.5, 0.6) is 0 Å². The first kappa shape index (κ1) is 14.0. The Bertz CT molecular complexity index is 777. The molecule has 0 saturated heterocycles. The van der Waals surface area contributed by atoms with Crippen molar-refractivity contribution >= 4 is 32.8 Å². The molecular weight excluding hydrogens is 354 g/mol. The number of nitrogens with zero attached hydrogens (tertiary/aromatic N) is 3. The van der Waals surface area contributed by atoms with Gasteiger partial charge in [-0.3, -0.25) is 9.78 Å². The van der Waals surface area contributed by atoms with Crippen LogP contribution >= 0.6 is 27.7 Å². The van der Waals surface area contributed by atoms with Gasteiger partial charge in [0.05, 0.1) is 0 Å². The van der Waals surface area contributed by atoms with Gasteiger partial charge in [0.2, 0.25) is 11.0 Å². The number of halogens is 1. The van der Waals surface area contributed by atoms with Crippen molar-refractivity contribution in [2.45, 2.75) is 5.22 Å². The van der Waals surface area contributed by atoms with E-state index in [4.69, 9.17) is 4.42 Å². The summed E-state index contributed by atoms with van der Waals surface area (Å²) >= 11 is 4.25. The van der Waals surface area contributed by atoms with Gasteiger partial charge in [-0.1, -0.05) is 28.1 Å². The average molecular weight is 362 g/mol. The lowest BCUT2D eigenvalue weighted by Gasteiger charge is -1.99. The molecule has 0 N–H and O–H groups in total. The van der Waals surface area contributed by atoms with E-state index in [0.29, 0.717) is 11.5 Å². The van der Waals surface area contributed by atoms with Crippen LogP contribution in [0.2, 0.25) is 0 Å². The van der Waals surface area contributed by atoms with E-state index in [-0.39, 0.29) is 10.3 Å². The average Bonchev–Trinajstić information content (AvgIpc) is 2.97. The van der Waals surface area contributed by atoms with Crippen molar-refractivity contribution < 1.29 is 9.21 Å². The molecule has 7 heteroatoms. The van der Waals surface area contributed by atoms with Crippen LogP contribution in [0.25, 0.3) is 11.5 Å². The van der Waals surface area contributed by atoms with E-state index < -0.39 is 0 Å². The SMILES string of the molecule is O=C(Sc1nnc(-c2ccncc2)o1)c1ccccc1Br. The lowest BCUT2D eigenvalue weighted by Crippen LogP contribution is -1.94. The molecule has 1 aromatic carbocycles. The minimum atomic E-state index is -0.160. The van der Waals surface area contributed by atoms with Crippen molar-refractivity contribution in [3.63, 3.8) is 0 Å².